The number of esters is 1. The molecule has 0 spiro atoms. The first-order chi connectivity index (χ1) is 9.60. The van der Waals surface area contributed by atoms with Gasteiger partial charge in [-0.05, 0) is 19.1 Å². The van der Waals surface area contributed by atoms with Gasteiger partial charge in [0.15, 0.2) is 5.69 Å². The van der Waals surface area contributed by atoms with E-state index in [-0.39, 0.29) is 30.6 Å². The number of hydrogen-bond acceptors (Lipinski definition) is 7. The third-order valence-corrected chi connectivity index (χ3v) is 2.28. The highest BCUT2D eigenvalue weighted by molar-refractivity contribution is 5.87. The normalized spacial score (nSPS) is 10.2. The van der Waals surface area contributed by atoms with Gasteiger partial charge in [0.25, 0.3) is 6.01 Å². The lowest BCUT2D eigenvalue weighted by atomic mass is 10.4. The zero-order chi connectivity index (χ0) is 14.5. The topological polar surface area (TPSA) is 115 Å². The lowest BCUT2D eigenvalue weighted by molar-refractivity contribution is 0.0519. The van der Waals surface area contributed by atoms with E-state index in [1.165, 1.54) is 18.4 Å². The summed E-state index contributed by atoms with van der Waals surface area (Å²) < 4.78 is 14.8. The molecule has 0 aromatic carbocycles. The molecule has 0 aliphatic carbocycles. The van der Waals surface area contributed by atoms with Crippen molar-refractivity contribution in [1.82, 2.24) is 4.98 Å². The number of anilines is 1. The molecule has 0 atom stereocenters. The predicted octanol–water partition coefficient (Wildman–Crippen LogP) is 1.75. The first kappa shape index (κ1) is 13.7. The van der Waals surface area contributed by atoms with E-state index < -0.39 is 11.9 Å². The lowest BCUT2D eigenvalue weighted by Crippen LogP contribution is -2.05. The molecule has 2 aromatic heterocycles. The maximum Gasteiger partial charge on any atom is 0.371 e. The van der Waals surface area contributed by atoms with Crippen molar-refractivity contribution < 1.29 is 28.3 Å². The fourth-order valence-electron chi connectivity index (χ4n) is 1.40. The Labute approximate surface area is 113 Å². The highest BCUT2D eigenvalue weighted by atomic mass is 16.5. The fourth-order valence-corrected chi connectivity index (χ4v) is 1.40. The van der Waals surface area contributed by atoms with Crippen LogP contribution in [0.4, 0.5) is 6.01 Å². The number of carbonyl (C=O) groups is 2. The quantitative estimate of drug-likeness (QED) is 0.769. The number of hydrogen-bond donors (Lipinski definition) is 2. The Kier molecular flexibility index (Phi) is 4.04. The number of aromatic carboxylic acids is 1. The third kappa shape index (κ3) is 3.16. The highest BCUT2D eigenvalue weighted by Crippen LogP contribution is 2.12. The zero-order valence-electron chi connectivity index (χ0n) is 10.6. The Morgan fingerprint density at radius 1 is 1.45 bits per heavy atom. The minimum absolute atomic E-state index is 0.0556. The average Bonchev–Trinajstić information content (AvgIpc) is 3.06. The van der Waals surface area contributed by atoms with Crippen molar-refractivity contribution in [3.05, 3.63) is 35.6 Å². The number of carboxylic acid groups (broad SMARTS) is 1. The number of nitrogens with one attached hydrogen (secondary N) is 1. The molecule has 2 heterocycles. The van der Waals surface area contributed by atoms with Crippen LogP contribution in [0.2, 0.25) is 0 Å². The van der Waals surface area contributed by atoms with Crippen molar-refractivity contribution in [2.45, 2.75) is 13.5 Å². The van der Waals surface area contributed by atoms with Crippen LogP contribution in [-0.4, -0.2) is 28.6 Å². The largest absolute Gasteiger partial charge is 0.475 e. The molecule has 2 rings (SSSR count). The molecular formula is C12H12N2O6. The number of ether oxygens (including phenoxy) is 1. The smallest absolute Gasteiger partial charge is 0.371 e. The molecule has 0 radical (unpaired) electrons. The van der Waals surface area contributed by atoms with E-state index in [9.17, 15) is 9.59 Å². The SMILES string of the molecule is CCOC(=O)c1coc(NCc2ccc(C(=O)O)o2)n1. The summed E-state index contributed by atoms with van der Waals surface area (Å²) in [6.07, 6.45) is 1.17. The van der Waals surface area contributed by atoms with Crippen LogP contribution < -0.4 is 5.32 Å². The van der Waals surface area contributed by atoms with Gasteiger partial charge in [-0.25, -0.2) is 9.59 Å². The lowest BCUT2D eigenvalue weighted by Gasteiger charge is -1.98. The Balaban J connectivity index is 1.93. The number of carboxylic acids is 1. The molecule has 2 N–H and O–H groups in total. The summed E-state index contributed by atoms with van der Waals surface area (Å²) in [4.78, 5) is 25.9. The molecule has 0 fully saturated rings. The predicted molar refractivity (Wildman–Crippen MR) is 65.5 cm³/mol. The van der Waals surface area contributed by atoms with Crippen LogP contribution in [0.5, 0.6) is 0 Å². The molecular weight excluding hydrogens is 268 g/mol. The summed E-state index contributed by atoms with van der Waals surface area (Å²) in [7, 11) is 0. The van der Waals surface area contributed by atoms with Gasteiger partial charge in [0.2, 0.25) is 5.76 Å². The molecule has 0 aliphatic heterocycles. The van der Waals surface area contributed by atoms with Crippen LogP contribution in [0.15, 0.2) is 27.2 Å². The molecule has 0 unspecified atom stereocenters. The Morgan fingerprint density at radius 3 is 2.90 bits per heavy atom. The molecule has 0 saturated carbocycles. The Bertz CT molecular complexity index is 615. The van der Waals surface area contributed by atoms with Crippen molar-refractivity contribution in [2.75, 3.05) is 11.9 Å². The molecule has 20 heavy (non-hydrogen) atoms. The van der Waals surface area contributed by atoms with E-state index in [1.807, 2.05) is 0 Å². The molecule has 0 bridgehead atoms. The van der Waals surface area contributed by atoms with Gasteiger partial charge in [0.1, 0.15) is 12.0 Å². The number of oxazole rings is 1. The van der Waals surface area contributed by atoms with Crippen molar-refractivity contribution >= 4 is 18.0 Å². The summed E-state index contributed by atoms with van der Waals surface area (Å²) in [5, 5.41) is 11.5. The van der Waals surface area contributed by atoms with Gasteiger partial charge in [0, 0.05) is 0 Å². The Hall–Kier alpha value is -2.77. The number of carbonyl (C=O) groups excluding carboxylic acids is 1. The second-order valence-corrected chi connectivity index (χ2v) is 3.68. The monoisotopic (exact) mass is 280 g/mol. The summed E-state index contributed by atoms with van der Waals surface area (Å²) >= 11 is 0. The van der Waals surface area contributed by atoms with Gasteiger partial charge in [-0.1, -0.05) is 0 Å². The van der Waals surface area contributed by atoms with Crippen LogP contribution in [0.25, 0.3) is 0 Å². The van der Waals surface area contributed by atoms with Crippen LogP contribution in [0, 0.1) is 0 Å². The summed E-state index contributed by atoms with van der Waals surface area (Å²) in [6.45, 7) is 2.11. The van der Waals surface area contributed by atoms with Crippen LogP contribution in [-0.2, 0) is 11.3 Å². The number of aromatic nitrogens is 1. The molecule has 8 nitrogen and oxygen atoms in total. The molecule has 0 saturated heterocycles. The number of nitrogens with zero attached hydrogens (tertiary/aromatic N) is 1. The van der Waals surface area contributed by atoms with Gasteiger partial charge in [-0.3, -0.25) is 0 Å². The molecule has 8 heteroatoms. The number of rotatable bonds is 6. The number of furan rings is 1. The minimum atomic E-state index is -1.14. The summed E-state index contributed by atoms with van der Waals surface area (Å²) in [5.41, 5.74) is 0.0556. The van der Waals surface area contributed by atoms with Gasteiger partial charge in [-0.15, -0.1) is 0 Å². The zero-order valence-corrected chi connectivity index (χ0v) is 10.6. The van der Waals surface area contributed by atoms with E-state index in [1.54, 1.807) is 6.92 Å². The van der Waals surface area contributed by atoms with E-state index >= 15 is 0 Å². The first-order valence-electron chi connectivity index (χ1n) is 5.78. The fraction of sp³-hybridized carbons (Fsp3) is 0.250. The molecule has 2 aromatic rings. The van der Waals surface area contributed by atoms with Crippen molar-refractivity contribution in [3.8, 4) is 0 Å². The third-order valence-electron chi connectivity index (χ3n) is 2.28. The van der Waals surface area contributed by atoms with E-state index in [0.717, 1.165) is 0 Å². The van der Waals surface area contributed by atoms with Crippen molar-refractivity contribution in [1.29, 1.82) is 0 Å². The average molecular weight is 280 g/mol. The molecule has 0 aliphatic rings. The second kappa shape index (κ2) is 5.91. The maximum atomic E-state index is 11.4. The van der Waals surface area contributed by atoms with Crippen LogP contribution >= 0.6 is 0 Å². The maximum absolute atomic E-state index is 11.4. The van der Waals surface area contributed by atoms with Crippen LogP contribution in [0.3, 0.4) is 0 Å². The summed E-state index contributed by atoms with van der Waals surface area (Å²) in [6, 6.07) is 2.98. The van der Waals surface area contributed by atoms with E-state index in [2.05, 4.69) is 10.3 Å². The van der Waals surface area contributed by atoms with Crippen molar-refractivity contribution in [3.63, 3.8) is 0 Å². The molecule has 0 amide bonds. The summed E-state index contributed by atoms with van der Waals surface area (Å²) in [5.74, 6) is -1.47. The first-order valence-corrected chi connectivity index (χ1v) is 5.78. The van der Waals surface area contributed by atoms with E-state index in [0.29, 0.717) is 5.76 Å². The van der Waals surface area contributed by atoms with Gasteiger partial charge >= 0.3 is 11.9 Å². The van der Waals surface area contributed by atoms with Gasteiger partial charge in [0.05, 0.1) is 13.2 Å². The van der Waals surface area contributed by atoms with Gasteiger partial charge < -0.3 is 24.0 Å². The highest BCUT2D eigenvalue weighted by Gasteiger charge is 2.14. The second-order valence-electron chi connectivity index (χ2n) is 3.68. The Morgan fingerprint density at radius 2 is 2.25 bits per heavy atom. The minimum Gasteiger partial charge on any atom is -0.475 e. The standard InChI is InChI=1S/C12H12N2O6/c1-2-18-11(17)8-6-19-12(14-8)13-5-7-3-4-9(20-7)10(15)16/h3-4,6H,2,5H2,1H3,(H,13,14)(H,15,16). The van der Waals surface area contributed by atoms with Crippen molar-refractivity contribution in [2.24, 2.45) is 0 Å². The molecule has 106 valence electrons. The van der Waals surface area contributed by atoms with E-state index in [4.69, 9.17) is 18.7 Å². The van der Waals surface area contributed by atoms with Gasteiger partial charge in [-0.2, -0.15) is 4.98 Å². The van der Waals surface area contributed by atoms with Crippen LogP contribution in [0.1, 0.15) is 33.7 Å².